The average molecular weight is 304 g/mol. The Bertz CT molecular complexity index is 423. The van der Waals surface area contributed by atoms with E-state index in [0.29, 0.717) is 18.5 Å². The molecule has 2 nitrogen and oxygen atoms in total. The highest BCUT2D eigenvalue weighted by Gasteiger charge is 2.06. The summed E-state index contributed by atoms with van der Waals surface area (Å²) in [5.41, 5.74) is 0.450. The summed E-state index contributed by atoms with van der Waals surface area (Å²) in [5, 5.41) is 2.62. The van der Waals surface area contributed by atoms with E-state index in [0.717, 1.165) is 0 Å². The molecule has 0 saturated heterocycles. The van der Waals surface area contributed by atoms with E-state index in [4.69, 9.17) is 0 Å². The lowest BCUT2D eigenvalue weighted by Gasteiger charge is -2.00. The molecule has 0 radical (unpaired) electrons. The maximum Gasteiger partial charge on any atom is 0.216 e. The first kappa shape index (κ1) is 13.8. The molecule has 0 aliphatic rings. The van der Waals surface area contributed by atoms with Gasteiger partial charge in [0.05, 0.1) is 4.47 Å². The maximum absolute atomic E-state index is 13.1. The monoisotopic (exact) mass is 303 g/mol. The lowest BCUT2D eigenvalue weighted by atomic mass is 10.2. The van der Waals surface area contributed by atoms with Crippen LogP contribution in [0.1, 0.15) is 18.9 Å². The van der Waals surface area contributed by atoms with Crippen LogP contribution in [0.5, 0.6) is 0 Å². The van der Waals surface area contributed by atoms with Crippen LogP contribution in [0.3, 0.4) is 0 Å². The zero-order chi connectivity index (χ0) is 12.8. The van der Waals surface area contributed by atoms with E-state index in [1.807, 2.05) is 0 Å². The molecule has 92 valence electrons. The van der Waals surface area contributed by atoms with Crippen molar-refractivity contribution in [2.24, 2.45) is 0 Å². The first-order valence-corrected chi connectivity index (χ1v) is 5.85. The highest BCUT2D eigenvalue weighted by molar-refractivity contribution is 9.10. The number of hydrogen-bond acceptors (Lipinski definition) is 1. The lowest BCUT2D eigenvalue weighted by molar-refractivity contribution is -0.118. The Morgan fingerprint density at radius 2 is 2.00 bits per heavy atom. The van der Waals surface area contributed by atoms with Crippen LogP contribution in [0.4, 0.5) is 8.78 Å². The summed E-state index contributed by atoms with van der Waals surface area (Å²) >= 11 is 2.80. The van der Waals surface area contributed by atoms with Gasteiger partial charge in [-0.2, -0.15) is 0 Å². The first-order chi connectivity index (χ1) is 8.00. The molecule has 0 bridgehead atoms. The van der Waals surface area contributed by atoms with Crippen molar-refractivity contribution in [1.82, 2.24) is 5.32 Å². The van der Waals surface area contributed by atoms with Crippen molar-refractivity contribution in [3.05, 3.63) is 39.9 Å². The molecule has 0 unspecified atom stereocenters. The Kier molecular flexibility index (Phi) is 5.28. The molecule has 1 rings (SSSR count). The van der Waals surface area contributed by atoms with Crippen LogP contribution in [-0.4, -0.2) is 12.5 Å². The fourth-order valence-corrected chi connectivity index (χ4v) is 1.45. The number of nitrogens with one attached hydrogen (secondary N) is 1. The smallest absolute Gasteiger partial charge is 0.216 e. The van der Waals surface area contributed by atoms with Gasteiger partial charge in [0.1, 0.15) is 11.6 Å². The van der Waals surface area contributed by atoms with Crippen LogP contribution < -0.4 is 5.32 Å². The van der Waals surface area contributed by atoms with Gasteiger partial charge in [-0.1, -0.05) is 12.2 Å². The summed E-state index contributed by atoms with van der Waals surface area (Å²) in [6.07, 6.45) is 3.97. The molecule has 0 heterocycles. The molecule has 1 amide bonds. The third kappa shape index (κ3) is 4.65. The van der Waals surface area contributed by atoms with E-state index in [1.165, 1.54) is 19.1 Å². The zero-order valence-electron chi connectivity index (χ0n) is 9.27. The van der Waals surface area contributed by atoms with E-state index < -0.39 is 11.6 Å². The topological polar surface area (TPSA) is 29.1 Å². The summed E-state index contributed by atoms with van der Waals surface area (Å²) in [6.45, 7) is 1.94. The quantitative estimate of drug-likeness (QED) is 0.671. The molecule has 0 aliphatic carbocycles. The van der Waals surface area contributed by atoms with Gasteiger partial charge >= 0.3 is 0 Å². The molecule has 1 aromatic carbocycles. The second-order valence-corrected chi connectivity index (χ2v) is 4.27. The molecular formula is C12H12BrF2NO. The molecule has 0 atom stereocenters. The van der Waals surface area contributed by atoms with Gasteiger partial charge in [-0.25, -0.2) is 8.78 Å². The third-order valence-corrected chi connectivity index (χ3v) is 2.76. The highest BCUT2D eigenvalue weighted by atomic mass is 79.9. The molecule has 0 aliphatic heterocycles. The van der Waals surface area contributed by atoms with Crippen LogP contribution in [-0.2, 0) is 4.79 Å². The summed E-state index contributed by atoms with van der Waals surface area (Å²) in [4.78, 5) is 10.6. The van der Waals surface area contributed by atoms with E-state index >= 15 is 0 Å². The Balaban J connectivity index is 2.57. The van der Waals surface area contributed by atoms with Gasteiger partial charge in [0.15, 0.2) is 0 Å². The van der Waals surface area contributed by atoms with Gasteiger partial charge in [0.25, 0.3) is 0 Å². The average Bonchev–Trinajstić information content (AvgIpc) is 2.25. The second kappa shape index (κ2) is 6.49. The van der Waals surface area contributed by atoms with Crippen molar-refractivity contribution in [2.45, 2.75) is 13.3 Å². The predicted octanol–water partition coefficient (Wildman–Crippen LogP) is 3.27. The van der Waals surface area contributed by atoms with Crippen molar-refractivity contribution < 1.29 is 13.6 Å². The molecule has 0 saturated carbocycles. The van der Waals surface area contributed by atoms with Gasteiger partial charge in [0, 0.05) is 13.5 Å². The number of carbonyl (C=O) groups is 1. The minimum atomic E-state index is -0.633. The minimum Gasteiger partial charge on any atom is -0.356 e. The van der Waals surface area contributed by atoms with Crippen LogP contribution in [0.2, 0.25) is 0 Å². The van der Waals surface area contributed by atoms with Crippen molar-refractivity contribution in [1.29, 1.82) is 0 Å². The Labute approximate surface area is 107 Å². The Hall–Kier alpha value is -1.23. The number of amides is 1. The largest absolute Gasteiger partial charge is 0.356 e. The van der Waals surface area contributed by atoms with Crippen LogP contribution in [0.15, 0.2) is 22.7 Å². The molecule has 0 fully saturated rings. The van der Waals surface area contributed by atoms with Crippen LogP contribution in [0, 0.1) is 11.6 Å². The highest BCUT2D eigenvalue weighted by Crippen LogP contribution is 2.21. The zero-order valence-corrected chi connectivity index (χ0v) is 10.9. The Morgan fingerprint density at radius 1 is 1.41 bits per heavy atom. The van der Waals surface area contributed by atoms with Crippen molar-refractivity contribution >= 4 is 27.9 Å². The predicted molar refractivity (Wildman–Crippen MR) is 66.4 cm³/mol. The normalized spacial score (nSPS) is 10.8. The fourth-order valence-electron chi connectivity index (χ4n) is 1.22. The van der Waals surface area contributed by atoms with Crippen molar-refractivity contribution in [3.8, 4) is 0 Å². The van der Waals surface area contributed by atoms with E-state index in [9.17, 15) is 13.6 Å². The number of halogens is 3. The van der Waals surface area contributed by atoms with Crippen LogP contribution in [0.25, 0.3) is 6.08 Å². The second-order valence-electron chi connectivity index (χ2n) is 3.47. The van der Waals surface area contributed by atoms with Gasteiger partial charge in [-0.05, 0) is 40.0 Å². The van der Waals surface area contributed by atoms with Gasteiger partial charge in [-0.15, -0.1) is 0 Å². The Morgan fingerprint density at radius 3 is 2.53 bits per heavy atom. The van der Waals surface area contributed by atoms with Gasteiger partial charge < -0.3 is 5.32 Å². The summed E-state index contributed by atoms with van der Waals surface area (Å²) in [6, 6.07) is 2.48. The summed E-state index contributed by atoms with van der Waals surface area (Å²) in [5.74, 6) is -1.36. The van der Waals surface area contributed by atoms with E-state index in [1.54, 1.807) is 12.2 Å². The minimum absolute atomic E-state index is 0.0980. The number of carbonyl (C=O) groups excluding carboxylic acids is 1. The summed E-state index contributed by atoms with van der Waals surface area (Å²) in [7, 11) is 0. The molecule has 0 aromatic heterocycles. The number of benzene rings is 1. The van der Waals surface area contributed by atoms with E-state index in [2.05, 4.69) is 21.2 Å². The third-order valence-electron chi connectivity index (χ3n) is 2.00. The standard InChI is InChI=1S/C12H12BrF2NO/c1-8(17)16-5-3-2-4-9-6-10(14)12(13)11(15)7-9/h2,4,6-7H,3,5H2,1H3,(H,16,17). The van der Waals surface area contributed by atoms with Gasteiger partial charge in [0.2, 0.25) is 5.91 Å². The van der Waals surface area contributed by atoms with E-state index in [-0.39, 0.29) is 10.4 Å². The van der Waals surface area contributed by atoms with Crippen LogP contribution >= 0.6 is 15.9 Å². The maximum atomic E-state index is 13.1. The van der Waals surface area contributed by atoms with Crippen molar-refractivity contribution in [2.75, 3.05) is 6.54 Å². The number of rotatable bonds is 4. The molecule has 0 spiro atoms. The first-order valence-electron chi connectivity index (χ1n) is 5.06. The summed E-state index contributed by atoms with van der Waals surface area (Å²) < 4.78 is 26.1. The fraction of sp³-hybridized carbons (Fsp3) is 0.250. The molecule has 1 aromatic rings. The molecule has 5 heteroatoms. The molecule has 1 N–H and O–H groups in total. The van der Waals surface area contributed by atoms with Crippen molar-refractivity contribution in [3.63, 3.8) is 0 Å². The number of hydrogen-bond donors (Lipinski definition) is 1. The molecular weight excluding hydrogens is 292 g/mol. The SMILES string of the molecule is CC(=O)NCCC=Cc1cc(F)c(Br)c(F)c1. The molecule has 17 heavy (non-hydrogen) atoms. The van der Waals surface area contributed by atoms with Gasteiger partial charge in [-0.3, -0.25) is 4.79 Å². The lowest BCUT2D eigenvalue weighted by Crippen LogP contribution is -2.20.